The first-order valence-electron chi connectivity index (χ1n) is 10.2. The lowest BCUT2D eigenvalue weighted by molar-refractivity contribution is 0.0125. The van der Waals surface area contributed by atoms with Gasteiger partial charge in [0.2, 0.25) is 5.56 Å². The fraction of sp³-hybridized carbons (Fsp3) is 0.700. The number of nitrogens with one attached hydrogen (secondary N) is 3. The summed E-state index contributed by atoms with van der Waals surface area (Å²) in [6.07, 6.45) is 8.62. The molecule has 3 fully saturated rings. The lowest BCUT2D eigenvalue weighted by Gasteiger charge is -2.36. The van der Waals surface area contributed by atoms with Gasteiger partial charge in [-0.15, -0.1) is 0 Å². The van der Waals surface area contributed by atoms with Crippen LogP contribution < -0.4 is 21.7 Å². The molecule has 2 saturated carbocycles. The van der Waals surface area contributed by atoms with Crippen molar-refractivity contribution in [2.45, 2.75) is 63.9 Å². The standard InChI is InChI=1S/C20H30N4O3/c1-3-17-22-19(23-27-17)13-4-7-15-12(10-13)5-8-16(15)21-20(26)14-6-9-18(25)24(2)11-14/h6,9,11-13,15-17,19,22-23H,3-5,7-8,10H2,1-2H3,(H,21,26)/t12?,13?,15?,16-,17?,19?/m1/s1. The van der Waals surface area contributed by atoms with E-state index in [0.717, 1.165) is 25.7 Å². The van der Waals surface area contributed by atoms with E-state index in [9.17, 15) is 9.59 Å². The number of carbonyl (C=O) groups excluding carboxylic acids is 1. The van der Waals surface area contributed by atoms with E-state index in [0.29, 0.717) is 23.3 Å². The van der Waals surface area contributed by atoms with Crippen LogP contribution in [0.15, 0.2) is 23.1 Å². The van der Waals surface area contributed by atoms with Gasteiger partial charge in [0.15, 0.2) is 0 Å². The van der Waals surface area contributed by atoms with Gasteiger partial charge in [-0.2, -0.15) is 5.48 Å². The number of fused-ring (bicyclic) bond motifs is 1. The second-order valence-electron chi connectivity index (χ2n) is 8.30. The average molecular weight is 374 g/mol. The van der Waals surface area contributed by atoms with Crippen LogP contribution in [0.3, 0.4) is 0 Å². The normalized spacial score (nSPS) is 35.8. The average Bonchev–Trinajstić information content (AvgIpc) is 3.30. The highest BCUT2D eigenvalue weighted by Gasteiger charge is 2.43. The van der Waals surface area contributed by atoms with Gasteiger partial charge in [-0.3, -0.25) is 19.7 Å². The maximum Gasteiger partial charge on any atom is 0.252 e. The summed E-state index contributed by atoms with van der Waals surface area (Å²) in [5, 5.41) is 6.77. The topological polar surface area (TPSA) is 84.4 Å². The number of nitrogens with zero attached hydrogens (tertiary/aromatic N) is 1. The predicted molar refractivity (Wildman–Crippen MR) is 102 cm³/mol. The summed E-state index contributed by atoms with van der Waals surface area (Å²) in [7, 11) is 1.67. The summed E-state index contributed by atoms with van der Waals surface area (Å²) in [6, 6.07) is 3.30. The number of carbonyl (C=O) groups is 1. The molecule has 5 unspecified atom stereocenters. The SMILES string of the molecule is CCC1NC(C2CCC3C(CC[C@H]3NC(=O)c3ccc(=O)n(C)c3)C2)NO1. The maximum atomic E-state index is 12.6. The van der Waals surface area contributed by atoms with Crippen LogP contribution in [0.2, 0.25) is 0 Å². The first-order chi connectivity index (χ1) is 13.0. The van der Waals surface area contributed by atoms with Crippen LogP contribution in [0.25, 0.3) is 0 Å². The molecule has 3 N–H and O–H groups in total. The lowest BCUT2D eigenvalue weighted by Crippen LogP contribution is -2.45. The summed E-state index contributed by atoms with van der Waals surface area (Å²) >= 11 is 0. The first kappa shape index (κ1) is 18.7. The molecule has 27 heavy (non-hydrogen) atoms. The van der Waals surface area contributed by atoms with Gasteiger partial charge in [0, 0.05) is 25.4 Å². The molecule has 2 aliphatic carbocycles. The smallest absolute Gasteiger partial charge is 0.252 e. The quantitative estimate of drug-likeness (QED) is 0.744. The van der Waals surface area contributed by atoms with Crippen molar-refractivity contribution in [1.82, 2.24) is 20.7 Å². The van der Waals surface area contributed by atoms with Gasteiger partial charge in [0.25, 0.3) is 5.91 Å². The lowest BCUT2D eigenvalue weighted by atomic mass is 9.74. The van der Waals surface area contributed by atoms with Crippen LogP contribution in [0.5, 0.6) is 0 Å². The molecular weight excluding hydrogens is 344 g/mol. The Morgan fingerprint density at radius 1 is 1.26 bits per heavy atom. The van der Waals surface area contributed by atoms with Crippen molar-refractivity contribution in [2.24, 2.45) is 24.8 Å². The Morgan fingerprint density at radius 2 is 2.07 bits per heavy atom. The van der Waals surface area contributed by atoms with Crippen molar-refractivity contribution in [3.05, 3.63) is 34.2 Å². The van der Waals surface area contributed by atoms with Gasteiger partial charge in [0.05, 0.1) is 11.7 Å². The Balaban J connectivity index is 1.34. The van der Waals surface area contributed by atoms with Crippen LogP contribution in [-0.2, 0) is 11.9 Å². The molecule has 1 aliphatic heterocycles. The van der Waals surface area contributed by atoms with Crippen molar-refractivity contribution >= 4 is 5.91 Å². The molecule has 1 aromatic rings. The van der Waals surface area contributed by atoms with Crippen LogP contribution >= 0.6 is 0 Å². The van der Waals surface area contributed by atoms with Crippen LogP contribution in [-0.4, -0.2) is 28.9 Å². The van der Waals surface area contributed by atoms with Gasteiger partial charge in [-0.25, -0.2) is 0 Å². The molecule has 7 nitrogen and oxygen atoms in total. The molecule has 0 aromatic carbocycles. The zero-order valence-electron chi connectivity index (χ0n) is 16.1. The molecule has 3 aliphatic rings. The van der Waals surface area contributed by atoms with Crippen molar-refractivity contribution in [2.75, 3.05) is 0 Å². The number of hydroxylamine groups is 1. The van der Waals surface area contributed by atoms with E-state index in [4.69, 9.17) is 4.84 Å². The molecular formula is C20H30N4O3. The van der Waals surface area contributed by atoms with Crippen molar-refractivity contribution in [3.63, 3.8) is 0 Å². The Bertz CT molecular complexity index is 749. The predicted octanol–water partition coefficient (Wildman–Crippen LogP) is 1.50. The Morgan fingerprint density at radius 3 is 2.81 bits per heavy atom. The molecule has 1 saturated heterocycles. The highest BCUT2D eigenvalue weighted by molar-refractivity contribution is 5.94. The molecule has 6 atom stereocenters. The number of aromatic nitrogens is 1. The number of aryl methyl sites for hydroxylation is 1. The minimum atomic E-state index is -0.103. The van der Waals surface area contributed by atoms with Gasteiger partial charge in [-0.05, 0) is 62.3 Å². The highest BCUT2D eigenvalue weighted by atomic mass is 16.7. The van der Waals surface area contributed by atoms with Gasteiger partial charge < -0.3 is 9.88 Å². The maximum absolute atomic E-state index is 12.6. The van der Waals surface area contributed by atoms with E-state index >= 15 is 0 Å². The second kappa shape index (κ2) is 7.73. The molecule has 1 amide bonds. The fourth-order valence-electron chi connectivity index (χ4n) is 5.11. The van der Waals surface area contributed by atoms with Crippen molar-refractivity contribution in [3.8, 4) is 0 Å². The van der Waals surface area contributed by atoms with Gasteiger partial charge in [-0.1, -0.05) is 6.92 Å². The van der Waals surface area contributed by atoms with E-state index in [1.54, 1.807) is 19.3 Å². The molecule has 0 radical (unpaired) electrons. The van der Waals surface area contributed by atoms with E-state index in [2.05, 4.69) is 23.0 Å². The molecule has 4 rings (SSSR count). The molecule has 0 bridgehead atoms. The number of rotatable bonds is 4. The van der Waals surface area contributed by atoms with E-state index in [-0.39, 0.29) is 29.9 Å². The third-order valence-corrected chi connectivity index (χ3v) is 6.66. The van der Waals surface area contributed by atoms with Crippen molar-refractivity contribution < 1.29 is 9.63 Å². The molecule has 7 heteroatoms. The minimum Gasteiger partial charge on any atom is -0.349 e. The van der Waals surface area contributed by atoms with Crippen LogP contribution in [0.1, 0.15) is 55.8 Å². The molecule has 0 spiro atoms. The number of hydrogen-bond acceptors (Lipinski definition) is 5. The van der Waals surface area contributed by atoms with Gasteiger partial charge >= 0.3 is 0 Å². The third kappa shape index (κ3) is 3.81. The summed E-state index contributed by atoms with van der Waals surface area (Å²) < 4.78 is 1.45. The summed E-state index contributed by atoms with van der Waals surface area (Å²) in [4.78, 5) is 29.7. The molecule has 1 aromatic heterocycles. The molecule has 2 heterocycles. The Labute approximate surface area is 159 Å². The van der Waals surface area contributed by atoms with E-state index in [1.165, 1.54) is 23.5 Å². The summed E-state index contributed by atoms with van der Waals surface area (Å²) in [5.74, 6) is 1.73. The summed E-state index contributed by atoms with van der Waals surface area (Å²) in [5.41, 5.74) is 3.62. The number of pyridine rings is 1. The zero-order valence-corrected chi connectivity index (χ0v) is 16.1. The van der Waals surface area contributed by atoms with Gasteiger partial charge in [0.1, 0.15) is 6.23 Å². The minimum absolute atomic E-state index is 0.0725. The first-order valence-corrected chi connectivity index (χ1v) is 10.2. The van der Waals surface area contributed by atoms with Crippen LogP contribution in [0, 0.1) is 17.8 Å². The van der Waals surface area contributed by atoms with Crippen molar-refractivity contribution in [1.29, 1.82) is 0 Å². The third-order valence-electron chi connectivity index (χ3n) is 6.66. The summed E-state index contributed by atoms with van der Waals surface area (Å²) in [6.45, 7) is 2.12. The highest BCUT2D eigenvalue weighted by Crippen LogP contribution is 2.45. The zero-order chi connectivity index (χ0) is 19.0. The Kier molecular flexibility index (Phi) is 5.34. The fourth-order valence-corrected chi connectivity index (χ4v) is 5.11. The second-order valence-corrected chi connectivity index (χ2v) is 8.30. The monoisotopic (exact) mass is 374 g/mol. The Hall–Kier alpha value is -1.70. The molecule has 148 valence electrons. The van der Waals surface area contributed by atoms with E-state index in [1.807, 2.05) is 0 Å². The number of amides is 1. The van der Waals surface area contributed by atoms with Crippen LogP contribution in [0.4, 0.5) is 0 Å². The number of hydrogen-bond donors (Lipinski definition) is 3. The largest absolute Gasteiger partial charge is 0.349 e. The van der Waals surface area contributed by atoms with E-state index < -0.39 is 0 Å².